The molecule has 0 spiro atoms. The standard InChI is InChI=1S/C18H26N2O/c21-18(11-10-15-6-2-1-3-7-15)20-13-5-8-16(14-20)17-9-4-12-19-17/h1-3,6-7,16-17,19H,4-5,8-14H2. The first-order valence-electron chi connectivity index (χ1n) is 8.38. The van der Waals surface area contributed by atoms with Gasteiger partial charge in [-0.1, -0.05) is 30.3 Å². The number of carbonyl (C=O) groups is 1. The van der Waals surface area contributed by atoms with Crippen LogP contribution in [0, 0.1) is 5.92 Å². The zero-order valence-corrected chi connectivity index (χ0v) is 12.8. The van der Waals surface area contributed by atoms with Crippen LogP contribution in [0.25, 0.3) is 0 Å². The highest BCUT2D eigenvalue weighted by Gasteiger charge is 2.30. The van der Waals surface area contributed by atoms with Crippen LogP contribution in [0.2, 0.25) is 0 Å². The number of piperidine rings is 1. The zero-order valence-electron chi connectivity index (χ0n) is 12.8. The number of aryl methyl sites for hydroxylation is 1. The lowest BCUT2D eigenvalue weighted by molar-refractivity contribution is -0.133. The second-order valence-corrected chi connectivity index (χ2v) is 6.43. The second kappa shape index (κ2) is 7.08. The highest BCUT2D eigenvalue weighted by molar-refractivity contribution is 5.76. The van der Waals surface area contributed by atoms with Crippen LogP contribution in [0.1, 0.15) is 37.7 Å². The molecule has 3 heteroatoms. The predicted octanol–water partition coefficient (Wildman–Crippen LogP) is 2.61. The van der Waals surface area contributed by atoms with Crippen molar-refractivity contribution in [3.63, 3.8) is 0 Å². The first-order valence-corrected chi connectivity index (χ1v) is 8.38. The van der Waals surface area contributed by atoms with E-state index in [9.17, 15) is 4.79 Å². The van der Waals surface area contributed by atoms with Crippen LogP contribution in [-0.4, -0.2) is 36.5 Å². The van der Waals surface area contributed by atoms with Crippen molar-refractivity contribution in [3.05, 3.63) is 35.9 Å². The fourth-order valence-electron chi connectivity index (χ4n) is 3.73. The Morgan fingerprint density at radius 1 is 1.19 bits per heavy atom. The number of benzene rings is 1. The molecule has 3 nitrogen and oxygen atoms in total. The molecule has 0 saturated carbocycles. The lowest BCUT2D eigenvalue weighted by atomic mass is 9.89. The highest BCUT2D eigenvalue weighted by atomic mass is 16.2. The summed E-state index contributed by atoms with van der Waals surface area (Å²) in [7, 11) is 0. The summed E-state index contributed by atoms with van der Waals surface area (Å²) in [6.07, 6.45) is 6.54. The molecule has 21 heavy (non-hydrogen) atoms. The molecular formula is C18H26N2O. The number of hydrogen-bond acceptors (Lipinski definition) is 2. The molecule has 0 aromatic heterocycles. The molecule has 2 aliphatic heterocycles. The molecule has 2 aliphatic rings. The Morgan fingerprint density at radius 2 is 2.05 bits per heavy atom. The van der Waals surface area contributed by atoms with Gasteiger partial charge in [0, 0.05) is 25.6 Å². The van der Waals surface area contributed by atoms with Gasteiger partial charge in [-0.25, -0.2) is 0 Å². The third-order valence-corrected chi connectivity index (χ3v) is 4.95. The molecule has 1 amide bonds. The topological polar surface area (TPSA) is 32.3 Å². The van der Waals surface area contributed by atoms with Gasteiger partial charge in [-0.3, -0.25) is 4.79 Å². The number of carbonyl (C=O) groups excluding carboxylic acids is 1. The first kappa shape index (κ1) is 14.6. The lowest BCUT2D eigenvalue weighted by Gasteiger charge is -2.36. The van der Waals surface area contributed by atoms with Crippen molar-refractivity contribution in [3.8, 4) is 0 Å². The van der Waals surface area contributed by atoms with Gasteiger partial charge in [-0.15, -0.1) is 0 Å². The van der Waals surface area contributed by atoms with Crippen molar-refractivity contribution in [1.82, 2.24) is 10.2 Å². The van der Waals surface area contributed by atoms with Crippen molar-refractivity contribution < 1.29 is 4.79 Å². The van der Waals surface area contributed by atoms with Crippen molar-refractivity contribution in [2.75, 3.05) is 19.6 Å². The van der Waals surface area contributed by atoms with Crippen LogP contribution in [0.4, 0.5) is 0 Å². The molecule has 0 radical (unpaired) electrons. The van der Waals surface area contributed by atoms with E-state index in [2.05, 4.69) is 22.3 Å². The average molecular weight is 286 g/mol. The van der Waals surface area contributed by atoms with E-state index in [-0.39, 0.29) is 0 Å². The molecule has 1 aromatic rings. The summed E-state index contributed by atoms with van der Waals surface area (Å²) in [5.74, 6) is 1.00. The van der Waals surface area contributed by atoms with Gasteiger partial charge < -0.3 is 10.2 Å². The van der Waals surface area contributed by atoms with E-state index in [1.54, 1.807) is 0 Å². The molecule has 2 unspecified atom stereocenters. The summed E-state index contributed by atoms with van der Waals surface area (Å²) < 4.78 is 0. The van der Waals surface area contributed by atoms with E-state index in [1.165, 1.54) is 31.2 Å². The molecule has 2 saturated heterocycles. The largest absolute Gasteiger partial charge is 0.342 e. The molecule has 2 fully saturated rings. The van der Waals surface area contributed by atoms with Crippen LogP contribution in [0.5, 0.6) is 0 Å². The van der Waals surface area contributed by atoms with Gasteiger partial charge in [0.25, 0.3) is 0 Å². The van der Waals surface area contributed by atoms with E-state index in [0.717, 1.165) is 26.1 Å². The summed E-state index contributed by atoms with van der Waals surface area (Å²) in [6.45, 7) is 3.07. The van der Waals surface area contributed by atoms with E-state index >= 15 is 0 Å². The Balaban J connectivity index is 1.49. The third kappa shape index (κ3) is 3.85. The average Bonchev–Trinajstić information content (AvgIpc) is 3.08. The summed E-state index contributed by atoms with van der Waals surface area (Å²) >= 11 is 0. The van der Waals surface area contributed by atoms with Crippen molar-refractivity contribution in [2.45, 2.75) is 44.6 Å². The highest BCUT2D eigenvalue weighted by Crippen LogP contribution is 2.25. The molecule has 1 aromatic carbocycles. The number of likely N-dealkylation sites (tertiary alicyclic amines) is 1. The maximum Gasteiger partial charge on any atom is 0.222 e. The van der Waals surface area contributed by atoms with E-state index in [4.69, 9.17) is 0 Å². The molecule has 2 atom stereocenters. The minimum atomic E-state index is 0.335. The van der Waals surface area contributed by atoms with Gasteiger partial charge in [0.1, 0.15) is 0 Å². The number of rotatable bonds is 4. The van der Waals surface area contributed by atoms with E-state index in [1.807, 2.05) is 18.2 Å². The molecule has 0 bridgehead atoms. The van der Waals surface area contributed by atoms with Crippen LogP contribution in [0.15, 0.2) is 30.3 Å². The minimum Gasteiger partial charge on any atom is -0.342 e. The summed E-state index contributed by atoms with van der Waals surface area (Å²) in [4.78, 5) is 14.5. The first-order chi connectivity index (χ1) is 10.3. The van der Waals surface area contributed by atoms with E-state index < -0.39 is 0 Å². The van der Waals surface area contributed by atoms with Gasteiger partial charge in [0.2, 0.25) is 5.91 Å². The maximum atomic E-state index is 12.4. The molecule has 1 N–H and O–H groups in total. The Bertz CT molecular complexity index is 454. The SMILES string of the molecule is O=C(CCc1ccccc1)N1CCCC(C2CCCN2)C1. The van der Waals surface area contributed by atoms with Crippen LogP contribution in [-0.2, 0) is 11.2 Å². The quantitative estimate of drug-likeness (QED) is 0.923. The minimum absolute atomic E-state index is 0.335. The second-order valence-electron chi connectivity index (χ2n) is 6.43. The number of amides is 1. The van der Waals surface area contributed by atoms with Crippen molar-refractivity contribution in [1.29, 1.82) is 0 Å². The molecule has 2 heterocycles. The Labute approximate surface area is 127 Å². The van der Waals surface area contributed by atoms with E-state index in [0.29, 0.717) is 24.3 Å². The van der Waals surface area contributed by atoms with Crippen molar-refractivity contribution >= 4 is 5.91 Å². The fourth-order valence-corrected chi connectivity index (χ4v) is 3.73. The van der Waals surface area contributed by atoms with Gasteiger partial charge in [-0.05, 0) is 50.1 Å². The summed E-state index contributed by atoms with van der Waals surface area (Å²) in [5, 5.41) is 3.61. The maximum absolute atomic E-state index is 12.4. The predicted molar refractivity (Wildman–Crippen MR) is 85.1 cm³/mol. The number of hydrogen-bond donors (Lipinski definition) is 1. The number of nitrogens with zero attached hydrogens (tertiary/aromatic N) is 1. The zero-order chi connectivity index (χ0) is 14.5. The fraction of sp³-hybridized carbons (Fsp3) is 0.611. The van der Waals surface area contributed by atoms with Gasteiger partial charge in [0.15, 0.2) is 0 Å². The molecule has 114 valence electrons. The number of nitrogens with one attached hydrogen (secondary N) is 1. The molecular weight excluding hydrogens is 260 g/mol. The smallest absolute Gasteiger partial charge is 0.222 e. The van der Waals surface area contributed by atoms with Crippen LogP contribution < -0.4 is 5.32 Å². The van der Waals surface area contributed by atoms with Gasteiger partial charge in [-0.2, -0.15) is 0 Å². The monoisotopic (exact) mass is 286 g/mol. The Kier molecular flexibility index (Phi) is 4.91. The summed E-state index contributed by atoms with van der Waals surface area (Å²) in [6, 6.07) is 11.0. The Hall–Kier alpha value is -1.35. The Morgan fingerprint density at radius 3 is 2.81 bits per heavy atom. The van der Waals surface area contributed by atoms with Crippen molar-refractivity contribution in [2.24, 2.45) is 5.92 Å². The molecule has 0 aliphatic carbocycles. The summed E-state index contributed by atoms with van der Waals surface area (Å²) in [5.41, 5.74) is 1.26. The molecule has 3 rings (SSSR count). The normalized spacial score (nSPS) is 26.0. The third-order valence-electron chi connectivity index (χ3n) is 4.95. The van der Waals surface area contributed by atoms with Crippen LogP contribution >= 0.6 is 0 Å². The van der Waals surface area contributed by atoms with Gasteiger partial charge >= 0.3 is 0 Å². The van der Waals surface area contributed by atoms with Gasteiger partial charge in [0.05, 0.1) is 0 Å². The lowest BCUT2D eigenvalue weighted by Crippen LogP contribution is -2.45. The van der Waals surface area contributed by atoms with Crippen LogP contribution in [0.3, 0.4) is 0 Å².